The van der Waals surface area contributed by atoms with E-state index in [1.807, 2.05) is 48.5 Å². The SMILES string of the molecule is CCCCN(c1ccc(C(C)(CC)c2ccc(N(CCCC)c3cc4c(cc3C)Oc3cc(N(CC)CC)ccc3C43OC(=O)c4ccccc43)cc2)cc1)c1cc2c(cc1C)Oc1cc(N(CC)CC)ccc1C21OC(=O)c2ccccc21. The van der Waals surface area contributed by atoms with Gasteiger partial charge in [-0.2, -0.15) is 0 Å². The molecular formula is C74H78N4O6. The zero-order valence-corrected chi connectivity index (χ0v) is 50.5. The summed E-state index contributed by atoms with van der Waals surface area (Å²) in [6.07, 6.45) is 4.90. The van der Waals surface area contributed by atoms with Crippen LogP contribution in [0.2, 0.25) is 0 Å². The molecule has 4 aliphatic rings. The minimum atomic E-state index is -1.19. The van der Waals surface area contributed by atoms with E-state index in [-0.39, 0.29) is 17.4 Å². The molecule has 0 bridgehead atoms. The van der Waals surface area contributed by atoms with E-state index in [1.54, 1.807) is 0 Å². The second kappa shape index (κ2) is 22.2. The van der Waals surface area contributed by atoms with Crippen molar-refractivity contribution in [2.45, 2.75) is 118 Å². The summed E-state index contributed by atoms with van der Waals surface area (Å²) in [5, 5.41) is 0. The highest BCUT2D eigenvalue weighted by Crippen LogP contribution is 2.60. The molecule has 0 N–H and O–H groups in total. The Balaban J connectivity index is 0.882. The van der Waals surface area contributed by atoms with E-state index in [9.17, 15) is 9.59 Å². The molecule has 10 heteroatoms. The Labute approximate surface area is 496 Å². The number of hydrogen-bond donors (Lipinski definition) is 0. The van der Waals surface area contributed by atoms with E-state index in [1.165, 1.54) is 11.1 Å². The van der Waals surface area contributed by atoms with E-state index in [0.29, 0.717) is 34.1 Å². The summed E-state index contributed by atoms with van der Waals surface area (Å²) >= 11 is 0. The Bertz CT molecular complexity index is 3580. The number of carbonyl (C=O) groups excluding carboxylic acids is 2. The van der Waals surface area contributed by atoms with Crippen molar-refractivity contribution in [2.75, 3.05) is 58.9 Å². The molecule has 10 nitrogen and oxygen atoms in total. The van der Waals surface area contributed by atoms with Gasteiger partial charge in [-0.1, -0.05) is 101 Å². The third kappa shape index (κ3) is 8.89. The van der Waals surface area contributed by atoms with Crippen molar-refractivity contribution in [3.05, 3.63) is 224 Å². The maximum atomic E-state index is 14.0. The maximum absolute atomic E-state index is 14.0. The van der Waals surface area contributed by atoms with Crippen LogP contribution in [0.1, 0.15) is 164 Å². The van der Waals surface area contributed by atoms with Crippen LogP contribution in [0.3, 0.4) is 0 Å². The zero-order chi connectivity index (χ0) is 58.7. The van der Waals surface area contributed by atoms with Gasteiger partial charge in [0, 0.05) is 124 Å². The first kappa shape index (κ1) is 56.0. The number of rotatable bonds is 19. The fourth-order valence-electron chi connectivity index (χ4n) is 13.7. The summed E-state index contributed by atoms with van der Waals surface area (Å²) in [7, 11) is 0. The first-order valence-electron chi connectivity index (χ1n) is 30.7. The molecule has 0 amide bonds. The predicted molar refractivity (Wildman–Crippen MR) is 339 cm³/mol. The van der Waals surface area contributed by atoms with Gasteiger partial charge in [-0.3, -0.25) is 0 Å². The second-order valence-corrected chi connectivity index (χ2v) is 23.2. The van der Waals surface area contributed by atoms with Gasteiger partial charge in [0.1, 0.15) is 23.0 Å². The van der Waals surface area contributed by atoms with E-state index >= 15 is 0 Å². The van der Waals surface area contributed by atoms with Crippen molar-refractivity contribution in [1.29, 1.82) is 0 Å². The Morgan fingerprint density at radius 1 is 0.417 bits per heavy atom. The summed E-state index contributed by atoms with van der Waals surface area (Å²) in [6, 6.07) is 55.3. The largest absolute Gasteiger partial charge is 0.456 e. The number of aryl methyl sites for hydroxylation is 2. The number of esters is 2. The number of unbranched alkanes of at least 4 members (excludes halogenated alkanes) is 2. The van der Waals surface area contributed by atoms with Gasteiger partial charge in [0.25, 0.3) is 0 Å². The van der Waals surface area contributed by atoms with Gasteiger partial charge in [-0.25, -0.2) is 9.59 Å². The molecule has 2 spiro atoms. The molecular weight excluding hydrogens is 1040 g/mol. The number of benzene rings is 8. The molecule has 0 saturated heterocycles. The van der Waals surface area contributed by atoms with Gasteiger partial charge >= 0.3 is 11.9 Å². The first-order chi connectivity index (χ1) is 40.8. The van der Waals surface area contributed by atoms with E-state index < -0.39 is 11.2 Å². The Kier molecular flexibility index (Phi) is 14.8. The lowest BCUT2D eigenvalue weighted by atomic mass is 9.74. The fraction of sp³-hybridized carbons (Fsp3) is 0.324. The van der Waals surface area contributed by atoms with Crippen molar-refractivity contribution < 1.29 is 28.5 Å². The second-order valence-electron chi connectivity index (χ2n) is 23.2. The maximum Gasteiger partial charge on any atom is 0.340 e. The van der Waals surface area contributed by atoms with Crippen molar-refractivity contribution >= 4 is 46.1 Å². The molecule has 2 unspecified atom stereocenters. The number of ether oxygens (including phenoxy) is 4. The molecule has 8 aromatic carbocycles. The zero-order valence-electron chi connectivity index (χ0n) is 50.5. The van der Waals surface area contributed by atoms with Gasteiger partial charge in [-0.05, 0) is 168 Å². The average molecular weight is 1120 g/mol. The molecule has 0 saturated carbocycles. The van der Waals surface area contributed by atoms with Crippen molar-refractivity contribution in [3.8, 4) is 23.0 Å². The van der Waals surface area contributed by atoms with Crippen LogP contribution >= 0.6 is 0 Å². The third-order valence-electron chi connectivity index (χ3n) is 18.7. The first-order valence-corrected chi connectivity index (χ1v) is 30.7. The van der Waals surface area contributed by atoms with Crippen molar-refractivity contribution in [2.24, 2.45) is 0 Å². The van der Waals surface area contributed by atoms with E-state index in [2.05, 4.69) is 198 Å². The fourth-order valence-corrected chi connectivity index (χ4v) is 13.7. The van der Waals surface area contributed by atoms with E-state index in [4.69, 9.17) is 18.9 Å². The third-order valence-corrected chi connectivity index (χ3v) is 18.7. The van der Waals surface area contributed by atoms with Crippen LogP contribution in [0.25, 0.3) is 0 Å². The molecule has 0 aliphatic carbocycles. The number of nitrogens with zero attached hydrogens (tertiary/aromatic N) is 4. The molecule has 0 aromatic heterocycles. The molecule has 4 aliphatic heterocycles. The summed E-state index contributed by atoms with van der Waals surface area (Å²) in [4.78, 5) is 37.4. The van der Waals surface area contributed by atoms with Crippen LogP contribution in [-0.4, -0.2) is 51.2 Å². The van der Waals surface area contributed by atoms with Crippen LogP contribution in [-0.2, 0) is 26.1 Å². The molecule has 2 atom stereocenters. The van der Waals surface area contributed by atoms with Gasteiger partial charge in [-0.15, -0.1) is 0 Å². The highest BCUT2D eigenvalue weighted by atomic mass is 16.6. The monoisotopic (exact) mass is 1120 g/mol. The quantitative estimate of drug-likeness (QED) is 0.0730. The number of carbonyl (C=O) groups is 2. The standard InChI is InChI=1S/C74H78N4O6/c1-11-18-40-77(64-46-62-66(42-48(64)8)81-68-44-54(75(14-4)15-5)36-38-60(68)73(62)58-26-22-20-24-56(58)70(79)83-73)52-32-28-50(29-33-52)72(10,13-3)51-30-34-53(35-31-51)78(41-19-12-2)65-47-63-67(43-49(65)9)82-69-45-55(76(16-6)17-7)37-39-61(69)74(63)59-27-23-21-25-57(59)71(80)84-74/h20-39,42-47H,11-19,40-41H2,1-10H3. The van der Waals surface area contributed by atoms with Gasteiger partial charge < -0.3 is 38.5 Å². The van der Waals surface area contributed by atoms with Gasteiger partial charge in [0.05, 0.1) is 11.1 Å². The number of hydrogen-bond acceptors (Lipinski definition) is 10. The lowest BCUT2D eigenvalue weighted by Gasteiger charge is -2.39. The molecule has 8 aromatic rings. The van der Waals surface area contributed by atoms with Crippen LogP contribution in [0.5, 0.6) is 23.0 Å². The van der Waals surface area contributed by atoms with Crippen LogP contribution in [0.4, 0.5) is 34.1 Å². The molecule has 84 heavy (non-hydrogen) atoms. The number of anilines is 6. The highest BCUT2D eigenvalue weighted by Gasteiger charge is 2.55. The molecule has 12 rings (SSSR count). The lowest BCUT2D eigenvalue weighted by molar-refractivity contribution is 0.0214. The highest BCUT2D eigenvalue weighted by molar-refractivity contribution is 5.98. The summed E-state index contributed by atoms with van der Waals surface area (Å²) in [6.45, 7) is 27.1. The minimum Gasteiger partial charge on any atom is -0.456 e. The van der Waals surface area contributed by atoms with Gasteiger partial charge in [0.15, 0.2) is 11.2 Å². The Hall–Kier alpha value is -8.50. The summed E-state index contributed by atoms with van der Waals surface area (Å²) in [5.41, 5.74) is 14.4. The van der Waals surface area contributed by atoms with Crippen LogP contribution < -0.4 is 29.1 Å². The van der Waals surface area contributed by atoms with Crippen LogP contribution in [0.15, 0.2) is 158 Å². The average Bonchev–Trinajstić information content (AvgIpc) is 1.69. The predicted octanol–water partition coefficient (Wildman–Crippen LogP) is 17.7. The Morgan fingerprint density at radius 3 is 1.15 bits per heavy atom. The van der Waals surface area contributed by atoms with Crippen LogP contribution in [0, 0.1) is 13.8 Å². The number of fused-ring (bicyclic) bond motifs is 12. The van der Waals surface area contributed by atoms with E-state index in [0.717, 1.165) is 150 Å². The normalized spacial score (nSPS) is 17.4. The van der Waals surface area contributed by atoms with Gasteiger partial charge in [0.2, 0.25) is 0 Å². The molecule has 0 fully saturated rings. The summed E-state index contributed by atoms with van der Waals surface area (Å²) < 4.78 is 27.2. The molecule has 4 heterocycles. The van der Waals surface area contributed by atoms with Crippen molar-refractivity contribution in [1.82, 2.24) is 0 Å². The Morgan fingerprint density at radius 2 is 0.786 bits per heavy atom. The minimum absolute atomic E-state index is 0.299. The van der Waals surface area contributed by atoms with Crippen molar-refractivity contribution in [3.63, 3.8) is 0 Å². The summed E-state index contributed by atoms with van der Waals surface area (Å²) in [5.74, 6) is 2.09. The topological polar surface area (TPSA) is 84.0 Å². The smallest absolute Gasteiger partial charge is 0.340 e. The lowest BCUT2D eigenvalue weighted by Crippen LogP contribution is -2.34. The molecule has 430 valence electrons. The molecule has 0 radical (unpaired) electrons.